The van der Waals surface area contributed by atoms with Gasteiger partial charge in [0.25, 0.3) is 11.1 Å². The van der Waals surface area contributed by atoms with Crippen LogP contribution in [0.2, 0.25) is 0 Å². The molecule has 0 unspecified atom stereocenters. The van der Waals surface area contributed by atoms with E-state index in [2.05, 4.69) is 25.1 Å². The van der Waals surface area contributed by atoms with Crippen molar-refractivity contribution < 1.29 is 9.15 Å². The Bertz CT molecular complexity index is 885. The fourth-order valence-corrected chi connectivity index (χ4v) is 2.74. The van der Waals surface area contributed by atoms with E-state index in [0.717, 1.165) is 5.56 Å². The standard InChI is InChI=1S/C16H19N7O2S/c1-4-24-11-8-6-5-7-10(11)13-21-22-16(25-13)26-9-12-18-14(17)20-15(19-12)23(2)3/h5-8H,4,9H2,1-3H3,(H2,17,18,19,20). The van der Waals surface area contributed by atoms with Crippen molar-refractivity contribution in [2.45, 2.75) is 17.9 Å². The summed E-state index contributed by atoms with van der Waals surface area (Å²) in [6.07, 6.45) is 0. The molecule has 0 saturated carbocycles. The third kappa shape index (κ3) is 4.20. The van der Waals surface area contributed by atoms with Crippen molar-refractivity contribution in [3.8, 4) is 17.2 Å². The number of nitrogens with two attached hydrogens (primary N) is 1. The summed E-state index contributed by atoms with van der Waals surface area (Å²) < 4.78 is 11.3. The van der Waals surface area contributed by atoms with Crippen LogP contribution in [0, 0.1) is 0 Å². The van der Waals surface area contributed by atoms with E-state index in [1.54, 1.807) is 4.90 Å². The van der Waals surface area contributed by atoms with Gasteiger partial charge in [0.15, 0.2) is 0 Å². The molecule has 0 amide bonds. The van der Waals surface area contributed by atoms with Crippen LogP contribution in [-0.2, 0) is 5.75 Å². The molecule has 0 aliphatic carbocycles. The monoisotopic (exact) mass is 373 g/mol. The number of rotatable bonds is 7. The van der Waals surface area contributed by atoms with Gasteiger partial charge in [0.2, 0.25) is 11.9 Å². The quantitative estimate of drug-likeness (QED) is 0.618. The second kappa shape index (κ2) is 8.00. The van der Waals surface area contributed by atoms with E-state index in [0.29, 0.717) is 41.0 Å². The van der Waals surface area contributed by atoms with Crippen LogP contribution in [0.3, 0.4) is 0 Å². The molecule has 0 saturated heterocycles. The number of nitrogens with zero attached hydrogens (tertiary/aromatic N) is 6. The minimum Gasteiger partial charge on any atom is -0.493 e. The molecule has 0 fully saturated rings. The molecule has 2 heterocycles. The van der Waals surface area contributed by atoms with Crippen LogP contribution < -0.4 is 15.4 Å². The average Bonchev–Trinajstić information content (AvgIpc) is 3.09. The van der Waals surface area contributed by atoms with Crippen molar-refractivity contribution in [1.82, 2.24) is 25.1 Å². The molecule has 136 valence electrons. The number of hydrogen-bond acceptors (Lipinski definition) is 10. The number of ether oxygens (including phenoxy) is 1. The van der Waals surface area contributed by atoms with Crippen LogP contribution in [-0.4, -0.2) is 45.9 Å². The van der Waals surface area contributed by atoms with Gasteiger partial charge in [-0.25, -0.2) is 0 Å². The number of nitrogen functional groups attached to an aromatic ring is 1. The van der Waals surface area contributed by atoms with Gasteiger partial charge < -0.3 is 19.8 Å². The maximum absolute atomic E-state index is 5.73. The highest BCUT2D eigenvalue weighted by Gasteiger charge is 2.15. The lowest BCUT2D eigenvalue weighted by Crippen LogP contribution is -2.15. The van der Waals surface area contributed by atoms with E-state index in [9.17, 15) is 0 Å². The number of thioether (sulfide) groups is 1. The Hall–Kier alpha value is -2.88. The zero-order valence-electron chi connectivity index (χ0n) is 14.7. The van der Waals surface area contributed by atoms with E-state index in [1.807, 2.05) is 45.3 Å². The lowest BCUT2D eigenvalue weighted by molar-refractivity contribution is 0.340. The van der Waals surface area contributed by atoms with Crippen LogP contribution in [0.25, 0.3) is 11.5 Å². The second-order valence-corrected chi connectivity index (χ2v) is 6.32. The van der Waals surface area contributed by atoms with E-state index >= 15 is 0 Å². The van der Waals surface area contributed by atoms with Crippen molar-refractivity contribution in [2.24, 2.45) is 0 Å². The van der Waals surface area contributed by atoms with Crippen molar-refractivity contribution in [1.29, 1.82) is 0 Å². The summed E-state index contributed by atoms with van der Waals surface area (Å²) in [5.74, 6) is 2.76. The molecule has 2 aromatic heterocycles. The van der Waals surface area contributed by atoms with Gasteiger partial charge in [-0.1, -0.05) is 23.9 Å². The van der Waals surface area contributed by atoms with Crippen molar-refractivity contribution in [3.63, 3.8) is 0 Å². The molecular formula is C16H19N7O2S. The van der Waals surface area contributed by atoms with Crippen molar-refractivity contribution in [3.05, 3.63) is 30.1 Å². The van der Waals surface area contributed by atoms with E-state index in [1.165, 1.54) is 11.8 Å². The first-order valence-corrected chi connectivity index (χ1v) is 8.91. The molecule has 26 heavy (non-hydrogen) atoms. The molecule has 0 atom stereocenters. The molecule has 0 radical (unpaired) electrons. The molecule has 3 aromatic rings. The fraction of sp³-hybridized carbons (Fsp3) is 0.312. The molecule has 9 nitrogen and oxygen atoms in total. The molecule has 0 aliphatic heterocycles. The second-order valence-electron chi connectivity index (χ2n) is 5.40. The average molecular weight is 373 g/mol. The molecule has 1 aromatic carbocycles. The molecule has 0 spiro atoms. The van der Waals surface area contributed by atoms with E-state index in [-0.39, 0.29) is 5.95 Å². The fourth-order valence-electron chi connectivity index (χ4n) is 2.12. The lowest BCUT2D eigenvalue weighted by atomic mass is 10.2. The molecule has 0 aliphatic rings. The van der Waals surface area contributed by atoms with Crippen molar-refractivity contribution >= 4 is 23.7 Å². The zero-order chi connectivity index (χ0) is 18.5. The minimum atomic E-state index is 0.177. The summed E-state index contributed by atoms with van der Waals surface area (Å²) in [6.45, 7) is 2.48. The summed E-state index contributed by atoms with van der Waals surface area (Å²) in [4.78, 5) is 14.3. The number of hydrogen-bond donors (Lipinski definition) is 1. The van der Waals surface area contributed by atoms with E-state index < -0.39 is 0 Å². The molecule has 3 rings (SSSR count). The largest absolute Gasteiger partial charge is 0.493 e. The summed E-state index contributed by atoms with van der Waals surface area (Å²) in [5.41, 5.74) is 6.49. The number of anilines is 2. The van der Waals surface area contributed by atoms with Gasteiger partial charge in [0.05, 0.1) is 17.9 Å². The maximum atomic E-state index is 5.73. The van der Waals surface area contributed by atoms with Gasteiger partial charge in [0, 0.05) is 14.1 Å². The maximum Gasteiger partial charge on any atom is 0.277 e. The number of benzene rings is 1. The van der Waals surface area contributed by atoms with Gasteiger partial charge in [-0.05, 0) is 19.1 Å². The van der Waals surface area contributed by atoms with E-state index in [4.69, 9.17) is 14.9 Å². The first-order chi connectivity index (χ1) is 12.6. The molecular weight excluding hydrogens is 354 g/mol. The first kappa shape index (κ1) is 17.9. The third-order valence-electron chi connectivity index (χ3n) is 3.24. The Morgan fingerprint density at radius 2 is 1.96 bits per heavy atom. The number of para-hydroxylation sites is 1. The smallest absolute Gasteiger partial charge is 0.277 e. The molecule has 10 heteroatoms. The SMILES string of the molecule is CCOc1ccccc1-c1nnc(SCc2nc(N)nc(N(C)C)n2)o1. The normalized spacial score (nSPS) is 10.7. The third-order valence-corrected chi connectivity index (χ3v) is 4.05. The predicted octanol–water partition coefficient (Wildman–Crippen LogP) is 2.26. The summed E-state index contributed by atoms with van der Waals surface area (Å²) in [6, 6.07) is 7.54. The summed E-state index contributed by atoms with van der Waals surface area (Å²) in [5, 5.41) is 8.58. The Morgan fingerprint density at radius 3 is 2.73 bits per heavy atom. The van der Waals surface area contributed by atoms with Crippen LogP contribution in [0.1, 0.15) is 12.7 Å². The van der Waals surface area contributed by atoms with Gasteiger partial charge >= 0.3 is 0 Å². The predicted molar refractivity (Wildman–Crippen MR) is 99.0 cm³/mol. The van der Waals surface area contributed by atoms with Gasteiger partial charge in [-0.2, -0.15) is 15.0 Å². The Morgan fingerprint density at radius 1 is 1.15 bits per heavy atom. The number of aromatic nitrogens is 5. The summed E-state index contributed by atoms with van der Waals surface area (Å²) in [7, 11) is 3.68. The van der Waals surface area contributed by atoms with Gasteiger partial charge in [0.1, 0.15) is 11.6 Å². The molecule has 0 bridgehead atoms. The van der Waals surface area contributed by atoms with Crippen LogP contribution in [0.4, 0.5) is 11.9 Å². The first-order valence-electron chi connectivity index (χ1n) is 7.93. The van der Waals surface area contributed by atoms with Crippen molar-refractivity contribution in [2.75, 3.05) is 31.3 Å². The van der Waals surface area contributed by atoms with Crippen LogP contribution in [0.15, 0.2) is 33.9 Å². The summed E-state index contributed by atoms with van der Waals surface area (Å²) >= 11 is 1.33. The molecule has 2 N–H and O–H groups in total. The Kier molecular flexibility index (Phi) is 5.52. The van der Waals surface area contributed by atoms with Gasteiger partial charge in [-0.3, -0.25) is 0 Å². The Labute approximate surface area is 155 Å². The lowest BCUT2D eigenvalue weighted by Gasteiger charge is -2.10. The van der Waals surface area contributed by atoms with Crippen LogP contribution >= 0.6 is 11.8 Å². The zero-order valence-corrected chi connectivity index (χ0v) is 15.5. The Balaban J connectivity index is 1.74. The minimum absolute atomic E-state index is 0.177. The highest BCUT2D eigenvalue weighted by Crippen LogP contribution is 2.31. The van der Waals surface area contributed by atoms with Gasteiger partial charge in [-0.15, -0.1) is 10.2 Å². The topological polar surface area (TPSA) is 116 Å². The highest BCUT2D eigenvalue weighted by atomic mass is 32.2. The van der Waals surface area contributed by atoms with Crippen LogP contribution in [0.5, 0.6) is 5.75 Å². The highest BCUT2D eigenvalue weighted by molar-refractivity contribution is 7.98.